The van der Waals surface area contributed by atoms with Gasteiger partial charge in [-0.25, -0.2) is 0 Å². The van der Waals surface area contributed by atoms with Crippen LogP contribution in [0.15, 0.2) is 30.3 Å². The van der Waals surface area contributed by atoms with Crippen molar-refractivity contribution in [2.45, 2.75) is 64.6 Å². The molecule has 0 radical (unpaired) electrons. The lowest BCUT2D eigenvalue weighted by Crippen LogP contribution is -2.47. The number of piperazine rings is 1. The molecule has 256 valence electrons. The van der Waals surface area contributed by atoms with Crippen LogP contribution in [-0.2, 0) is 32.1 Å². The van der Waals surface area contributed by atoms with Crippen molar-refractivity contribution in [3.63, 3.8) is 0 Å². The van der Waals surface area contributed by atoms with E-state index in [9.17, 15) is 4.79 Å². The van der Waals surface area contributed by atoms with Gasteiger partial charge in [-0.1, -0.05) is 43.5 Å². The molecule has 12 heteroatoms. The van der Waals surface area contributed by atoms with Gasteiger partial charge in [-0.05, 0) is 50.4 Å². The molecule has 1 aliphatic carbocycles. The molecule has 2 heterocycles. The predicted octanol–water partition coefficient (Wildman–Crippen LogP) is 3.25. The van der Waals surface area contributed by atoms with Crippen molar-refractivity contribution in [1.29, 1.82) is 0 Å². The van der Waals surface area contributed by atoms with Crippen LogP contribution in [0.5, 0.6) is 0 Å². The second-order valence-electron chi connectivity index (χ2n) is 12.0. The maximum absolute atomic E-state index is 12.5. The first-order chi connectivity index (χ1) is 22.6. The molecular weight excluding hydrogens is 584 g/mol. The fourth-order valence-electron chi connectivity index (χ4n) is 5.78. The van der Waals surface area contributed by atoms with E-state index in [1.165, 1.54) is 37.7 Å². The maximum atomic E-state index is 12.5. The highest BCUT2D eigenvalue weighted by Gasteiger charge is 2.20. The fourth-order valence-corrected chi connectivity index (χ4v) is 5.78. The second kappa shape index (κ2) is 21.1. The Hall–Kier alpha value is -2.87. The lowest BCUT2D eigenvalue weighted by Gasteiger charge is -2.35. The van der Waals surface area contributed by atoms with Gasteiger partial charge in [0.25, 0.3) is 5.91 Å². The van der Waals surface area contributed by atoms with Gasteiger partial charge in [0.2, 0.25) is 5.95 Å². The van der Waals surface area contributed by atoms with E-state index in [2.05, 4.69) is 60.3 Å². The Balaban J connectivity index is 1.26. The number of methoxy groups -OCH3 is 1. The number of carbonyl (C=O) groups is 1. The number of rotatable bonds is 21. The van der Waals surface area contributed by atoms with Crippen LogP contribution in [0.1, 0.15) is 56.6 Å². The average Bonchev–Trinajstić information content (AvgIpc) is 3.08. The van der Waals surface area contributed by atoms with Crippen LogP contribution in [0.4, 0.5) is 17.6 Å². The number of aromatic nitrogens is 2. The molecule has 0 spiro atoms. The van der Waals surface area contributed by atoms with Gasteiger partial charge in [0.15, 0.2) is 0 Å². The van der Waals surface area contributed by atoms with Crippen molar-refractivity contribution in [3.8, 4) is 0 Å². The van der Waals surface area contributed by atoms with Crippen LogP contribution in [0.3, 0.4) is 0 Å². The number of nitrogens with zero attached hydrogens (tertiary/aromatic N) is 4. The summed E-state index contributed by atoms with van der Waals surface area (Å²) in [7, 11) is 1.60. The summed E-state index contributed by atoms with van der Waals surface area (Å²) in [6.45, 7) is 12.2. The van der Waals surface area contributed by atoms with Gasteiger partial charge >= 0.3 is 0 Å². The molecule has 0 bridgehead atoms. The molecule has 1 aromatic heterocycles. The monoisotopic (exact) mass is 640 g/mol. The quantitative estimate of drug-likeness (QED) is 0.150. The number of hydrogen-bond acceptors (Lipinski definition) is 11. The lowest BCUT2D eigenvalue weighted by molar-refractivity contribution is -0.121. The standard InChI is InChI=1S/C34H56N8O4/c1-3-45-21-20-41-16-18-42(19-17-41)32-24-31(38-33(43)27-46-23-22-44-2)39-34(40-32)37-26-29-12-10-28(11-13-29)25-35-14-7-15-36-30-8-5-4-6-9-30/h10-13,24,30,35-36H,3-9,14-23,25-27H2,1-2H3,(H2,37,38,39,40,43). The zero-order valence-electron chi connectivity index (χ0n) is 28.0. The molecule has 2 aromatic rings. The molecule has 1 aliphatic heterocycles. The molecule has 2 fully saturated rings. The van der Waals surface area contributed by atoms with Gasteiger partial charge in [0.05, 0.1) is 19.8 Å². The smallest absolute Gasteiger partial charge is 0.251 e. The van der Waals surface area contributed by atoms with Crippen LogP contribution in [0.2, 0.25) is 0 Å². The zero-order chi connectivity index (χ0) is 32.2. The number of amides is 1. The van der Waals surface area contributed by atoms with Gasteiger partial charge in [0, 0.05) is 71.6 Å². The summed E-state index contributed by atoms with van der Waals surface area (Å²) in [4.78, 5) is 26.6. The molecule has 0 atom stereocenters. The van der Waals surface area contributed by atoms with E-state index in [0.717, 1.165) is 89.4 Å². The number of nitrogens with one attached hydrogen (secondary N) is 4. The van der Waals surface area contributed by atoms with Crippen LogP contribution in [0, 0.1) is 0 Å². The lowest BCUT2D eigenvalue weighted by atomic mass is 9.95. The largest absolute Gasteiger partial charge is 0.382 e. The first-order valence-electron chi connectivity index (χ1n) is 17.2. The predicted molar refractivity (Wildman–Crippen MR) is 183 cm³/mol. The summed E-state index contributed by atoms with van der Waals surface area (Å²) in [6.07, 6.45) is 7.96. The van der Waals surface area contributed by atoms with Gasteiger partial charge < -0.3 is 40.4 Å². The summed E-state index contributed by atoms with van der Waals surface area (Å²) in [6, 6.07) is 11.2. The van der Waals surface area contributed by atoms with Crippen molar-refractivity contribution in [2.75, 3.05) is 101 Å². The normalized spacial score (nSPS) is 16.1. The van der Waals surface area contributed by atoms with E-state index in [1.54, 1.807) is 7.11 Å². The Labute approximate surface area is 275 Å². The van der Waals surface area contributed by atoms with Crippen LogP contribution in [0.25, 0.3) is 0 Å². The molecule has 2 aliphatic rings. The second-order valence-corrected chi connectivity index (χ2v) is 12.0. The van der Waals surface area contributed by atoms with Crippen molar-refractivity contribution >= 4 is 23.5 Å². The van der Waals surface area contributed by atoms with Crippen LogP contribution in [-0.4, -0.2) is 113 Å². The molecule has 1 amide bonds. The fraction of sp³-hybridized carbons (Fsp3) is 0.676. The molecule has 12 nitrogen and oxygen atoms in total. The summed E-state index contributed by atoms with van der Waals surface area (Å²) in [5.41, 5.74) is 2.40. The number of hydrogen-bond donors (Lipinski definition) is 4. The molecule has 4 N–H and O–H groups in total. The topological polar surface area (TPSA) is 125 Å². The molecule has 1 saturated carbocycles. The Morgan fingerprint density at radius 1 is 0.913 bits per heavy atom. The summed E-state index contributed by atoms with van der Waals surface area (Å²) >= 11 is 0. The van der Waals surface area contributed by atoms with E-state index < -0.39 is 0 Å². The van der Waals surface area contributed by atoms with Gasteiger partial charge in [-0.3, -0.25) is 9.69 Å². The third-order valence-electron chi connectivity index (χ3n) is 8.47. The minimum absolute atomic E-state index is 0.0669. The Morgan fingerprint density at radius 3 is 2.41 bits per heavy atom. The van der Waals surface area contributed by atoms with E-state index in [1.807, 2.05) is 13.0 Å². The van der Waals surface area contributed by atoms with E-state index in [0.29, 0.717) is 31.5 Å². The Kier molecular flexibility index (Phi) is 16.5. The summed E-state index contributed by atoms with van der Waals surface area (Å²) in [5.74, 6) is 1.44. The molecule has 1 saturated heterocycles. The summed E-state index contributed by atoms with van der Waals surface area (Å²) in [5, 5.41) is 13.5. The minimum Gasteiger partial charge on any atom is -0.382 e. The van der Waals surface area contributed by atoms with Crippen LogP contribution < -0.4 is 26.2 Å². The van der Waals surface area contributed by atoms with E-state index in [4.69, 9.17) is 19.2 Å². The zero-order valence-corrected chi connectivity index (χ0v) is 28.0. The highest BCUT2D eigenvalue weighted by atomic mass is 16.5. The number of ether oxygens (including phenoxy) is 3. The first-order valence-corrected chi connectivity index (χ1v) is 17.2. The van der Waals surface area contributed by atoms with Crippen molar-refractivity contribution in [1.82, 2.24) is 25.5 Å². The number of anilines is 3. The number of benzene rings is 1. The molecule has 46 heavy (non-hydrogen) atoms. The maximum Gasteiger partial charge on any atom is 0.251 e. The van der Waals surface area contributed by atoms with Crippen LogP contribution >= 0.6 is 0 Å². The van der Waals surface area contributed by atoms with Crippen molar-refractivity contribution in [2.24, 2.45) is 0 Å². The first kappa shape index (κ1) is 36.0. The third-order valence-corrected chi connectivity index (χ3v) is 8.47. The van der Waals surface area contributed by atoms with Crippen molar-refractivity contribution < 1.29 is 19.0 Å². The summed E-state index contributed by atoms with van der Waals surface area (Å²) < 4.78 is 15.9. The molecule has 4 rings (SSSR count). The van der Waals surface area contributed by atoms with Gasteiger partial charge in [-0.15, -0.1) is 0 Å². The van der Waals surface area contributed by atoms with Gasteiger partial charge in [0.1, 0.15) is 18.2 Å². The highest BCUT2D eigenvalue weighted by Crippen LogP contribution is 2.21. The van der Waals surface area contributed by atoms with E-state index >= 15 is 0 Å². The Bertz CT molecular complexity index is 1120. The van der Waals surface area contributed by atoms with E-state index in [-0.39, 0.29) is 12.5 Å². The van der Waals surface area contributed by atoms with Gasteiger partial charge in [-0.2, -0.15) is 9.97 Å². The highest BCUT2D eigenvalue weighted by molar-refractivity contribution is 5.91. The molecule has 0 unspecified atom stereocenters. The molecule has 1 aromatic carbocycles. The molecular formula is C34H56N8O4. The third kappa shape index (κ3) is 13.5. The average molecular weight is 641 g/mol. The Morgan fingerprint density at radius 2 is 1.67 bits per heavy atom. The number of carbonyl (C=O) groups excluding carboxylic acids is 1. The van der Waals surface area contributed by atoms with Crippen molar-refractivity contribution in [3.05, 3.63) is 41.5 Å². The minimum atomic E-state index is -0.267. The SMILES string of the molecule is CCOCCN1CCN(c2cc(NC(=O)COCCOC)nc(NCc3ccc(CNCCCNC4CCCCC4)cc3)n2)CC1.